The highest BCUT2D eigenvalue weighted by Crippen LogP contribution is 2.39. The summed E-state index contributed by atoms with van der Waals surface area (Å²) in [5, 5.41) is 11.6. The summed E-state index contributed by atoms with van der Waals surface area (Å²) in [7, 11) is -2.66. The SMILES string of the molecule is CC(C)(C)[Si](C)(C)OC[C@H]1O[C@H](OC[C@H]2O[C@H](O)[C@@H](OC(=O)c3ccccc3)[C@@H](OC(=O)c3ccccc3)[C@@H]2OC(=O)c2ccccc2)[C@@H](OC(=O)c2ccccc2)[C@@H](OC(=O)c2ccccc2)[C@@H]1OC(=O)c1ccccc1. The van der Waals surface area contributed by atoms with Gasteiger partial charge in [-0.05, 0) is 90.9 Å². The molecule has 0 amide bonds. The van der Waals surface area contributed by atoms with Crippen molar-refractivity contribution in [1.82, 2.24) is 0 Å². The smallest absolute Gasteiger partial charge is 0.338 e. The summed E-state index contributed by atoms with van der Waals surface area (Å²) in [4.78, 5) is 84.7. The Labute approximate surface area is 452 Å². The number of carbonyl (C=O) groups is 6. The van der Waals surface area contributed by atoms with E-state index >= 15 is 0 Å². The zero-order valence-corrected chi connectivity index (χ0v) is 44.5. The lowest BCUT2D eigenvalue weighted by Gasteiger charge is -2.47. The lowest BCUT2D eigenvalue weighted by Crippen LogP contribution is -2.65. The van der Waals surface area contributed by atoms with Crippen molar-refractivity contribution >= 4 is 44.1 Å². The van der Waals surface area contributed by atoms with E-state index in [9.17, 15) is 33.9 Å². The maximum absolute atomic E-state index is 14.3. The normalized spacial score (nSPS) is 23.2. The largest absolute Gasteiger partial charge is 0.452 e. The van der Waals surface area contributed by atoms with Crippen LogP contribution in [0.1, 0.15) is 82.9 Å². The summed E-state index contributed by atoms with van der Waals surface area (Å²) in [6, 6.07) is 47.5. The van der Waals surface area contributed by atoms with Crippen molar-refractivity contribution in [3.63, 3.8) is 0 Å². The van der Waals surface area contributed by atoms with Crippen molar-refractivity contribution in [2.24, 2.45) is 0 Å². The van der Waals surface area contributed by atoms with Crippen LogP contribution in [0.25, 0.3) is 0 Å². The van der Waals surface area contributed by atoms with Gasteiger partial charge >= 0.3 is 35.8 Å². The molecule has 0 radical (unpaired) electrons. The van der Waals surface area contributed by atoms with Crippen molar-refractivity contribution in [3.05, 3.63) is 215 Å². The summed E-state index contributed by atoms with van der Waals surface area (Å²) in [6.45, 7) is 9.10. The topological polar surface area (TPSA) is 215 Å². The highest BCUT2D eigenvalue weighted by molar-refractivity contribution is 6.74. The van der Waals surface area contributed by atoms with E-state index in [1.54, 1.807) is 109 Å². The molecular formula is C60H60O17Si. The van der Waals surface area contributed by atoms with Gasteiger partial charge in [0.05, 0.1) is 46.6 Å². The molecule has 2 aliphatic rings. The van der Waals surface area contributed by atoms with Crippen LogP contribution in [0.5, 0.6) is 0 Å². The van der Waals surface area contributed by atoms with Gasteiger partial charge in [-0.1, -0.05) is 130 Å². The number of rotatable bonds is 18. The fourth-order valence-corrected chi connectivity index (χ4v) is 9.29. The third kappa shape index (κ3) is 14.0. The maximum Gasteiger partial charge on any atom is 0.338 e. The van der Waals surface area contributed by atoms with Crippen LogP contribution in [0.2, 0.25) is 18.1 Å². The Morgan fingerprint density at radius 1 is 0.397 bits per heavy atom. The number of benzene rings is 6. The van der Waals surface area contributed by atoms with Crippen molar-refractivity contribution < 1.29 is 80.9 Å². The third-order valence-electron chi connectivity index (χ3n) is 13.6. The molecule has 78 heavy (non-hydrogen) atoms. The van der Waals surface area contributed by atoms with Gasteiger partial charge in [0.25, 0.3) is 0 Å². The van der Waals surface area contributed by atoms with E-state index in [1.165, 1.54) is 72.8 Å². The molecule has 0 aromatic heterocycles. The summed E-state index contributed by atoms with van der Waals surface area (Å²) in [6.07, 6.45) is -17.1. The maximum atomic E-state index is 14.3. The van der Waals surface area contributed by atoms with Gasteiger partial charge in [-0.15, -0.1) is 0 Å². The predicted molar refractivity (Wildman–Crippen MR) is 283 cm³/mol. The molecule has 2 heterocycles. The number of ether oxygens (including phenoxy) is 9. The number of carbonyl (C=O) groups excluding carboxylic acids is 6. The molecular weight excluding hydrogens is 1020 g/mol. The first-order chi connectivity index (χ1) is 37.5. The minimum atomic E-state index is -2.66. The molecule has 2 fully saturated rings. The summed E-state index contributed by atoms with van der Waals surface area (Å²) in [5.74, 6) is -5.45. The van der Waals surface area contributed by atoms with Crippen LogP contribution in [0.4, 0.5) is 0 Å². The van der Waals surface area contributed by atoms with E-state index in [-0.39, 0.29) is 45.0 Å². The van der Waals surface area contributed by atoms with E-state index in [0.29, 0.717) is 0 Å². The lowest BCUT2D eigenvalue weighted by molar-refractivity contribution is -0.322. The highest BCUT2D eigenvalue weighted by Gasteiger charge is 2.56. The second-order valence-corrected chi connectivity index (χ2v) is 24.7. The first kappa shape index (κ1) is 56.4. The third-order valence-corrected chi connectivity index (χ3v) is 18.1. The predicted octanol–water partition coefficient (Wildman–Crippen LogP) is 8.82. The van der Waals surface area contributed by atoms with Gasteiger partial charge in [0.2, 0.25) is 0 Å². The van der Waals surface area contributed by atoms with Crippen LogP contribution >= 0.6 is 0 Å². The van der Waals surface area contributed by atoms with E-state index in [0.717, 1.165) is 0 Å². The molecule has 8 rings (SSSR count). The van der Waals surface area contributed by atoms with Crippen LogP contribution in [0, 0.1) is 0 Å². The average molecular weight is 1080 g/mol. The molecule has 2 saturated heterocycles. The number of hydrogen-bond donors (Lipinski definition) is 1. The average Bonchev–Trinajstić information content (AvgIpc) is 3.50. The zero-order chi connectivity index (χ0) is 55.4. The molecule has 10 atom stereocenters. The molecule has 18 heteroatoms. The molecule has 1 N–H and O–H groups in total. The molecule has 406 valence electrons. The molecule has 0 saturated carbocycles. The van der Waals surface area contributed by atoms with E-state index in [4.69, 9.17) is 47.1 Å². The van der Waals surface area contributed by atoms with Crippen LogP contribution in [-0.2, 0) is 47.1 Å². The van der Waals surface area contributed by atoms with Crippen LogP contribution in [0.15, 0.2) is 182 Å². The first-order valence-electron chi connectivity index (χ1n) is 25.3. The second kappa shape index (κ2) is 25.5. The monoisotopic (exact) mass is 1080 g/mol. The van der Waals surface area contributed by atoms with Crippen LogP contribution in [-0.4, -0.2) is 124 Å². The Balaban J connectivity index is 1.22. The van der Waals surface area contributed by atoms with Crippen molar-refractivity contribution in [2.45, 2.75) is 100 Å². The van der Waals surface area contributed by atoms with Gasteiger partial charge in [-0.3, -0.25) is 0 Å². The standard InChI is InChI=1S/C60H60O17Si/c1-60(2,3)78(4,5)69-37-45-47(73-53(62)39-26-14-7-15-27-39)49(75-55(64)41-30-18-9-19-31-41)51(77-57(66)43-34-22-11-23-35-43)59(71-45)68-36-44-46(72-52(61)38-24-12-6-13-25-38)48(74-54(63)40-28-16-8-17-29-40)50(58(67)70-44)76-56(65)42-32-20-10-21-33-42/h6-35,44-51,58-59,67H,36-37H2,1-5H3/t44-,45-,46-,47-,48+,49+,50+,51+,58+,59+/m1/s1. The van der Waals surface area contributed by atoms with Crippen LogP contribution < -0.4 is 0 Å². The second-order valence-electron chi connectivity index (χ2n) is 19.9. The van der Waals surface area contributed by atoms with Gasteiger partial charge in [-0.25, -0.2) is 28.8 Å². The first-order valence-corrected chi connectivity index (χ1v) is 28.2. The molecule has 2 aliphatic heterocycles. The Kier molecular flexibility index (Phi) is 18.5. The van der Waals surface area contributed by atoms with Gasteiger partial charge in [0.15, 0.2) is 57.5 Å². The Hall–Kier alpha value is -7.84. The van der Waals surface area contributed by atoms with Crippen molar-refractivity contribution in [1.29, 1.82) is 0 Å². The Morgan fingerprint density at radius 2 is 0.667 bits per heavy atom. The van der Waals surface area contributed by atoms with E-state index in [1.807, 2.05) is 33.9 Å². The summed E-state index contributed by atoms with van der Waals surface area (Å²) >= 11 is 0. The minimum absolute atomic E-state index is 0.0656. The fraction of sp³-hybridized carbons (Fsp3) is 0.300. The number of aliphatic hydroxyl groups excluding tert-OH is 1. The molecule has 17 nitrogen and oxygen atoms in total. The fourth-order valence-electron chi connectivity index (χ4n) is 8.27. The van der Waals surface area contributed by atoms with E-state index in [2.05, 4.69) is 0 Å². The number of hydrogen-bond acceptors (Lipinski definition) is 17. The van der Waals surface area contributed by atoms with Crippen molar-refractivity contribution in [2.75, 3.05) is 13.2 Å². The Morgan fingerprint density at radius 3 is 0.987 bits per heavy atom. The number of aliphatic hydroxyl groups is 1. The van der Waals surface area contributed by atoms with Crippen LogP contribution in [0.3, 0.4) is 0 Å². The highest BCUT2D eigenvalue weighted by atomic mass is 28.4. The molecule has 0 bridgehead atoms. The minimum Gasteiger partial charge on any atom is -0.452 e. The quantitative estimate of drug-likeness (QED) is 0.0483. The molecule has 6 aromatic carbocycles. The number of esters is 6. The zero-order valence-electron chi connectivity index (χ0n) is 43.5. The lowest BCUT2D eigenvalue weighted by atomic mass is 9.96. The summed E-state index contributed by atoms with van der Waals surface area (Å²) in [5.41, 5.74) is 0.538. The Bertz CT molecular complexity index is 2960. The van der Waals surface area contributed by atoms with Crippen molar-refractivity contribution in [3.8, 4) is 0 Å². The van der Waals surface area contributed by atoms with Gasteiger partial charge in [0.1, 0.15) is 12.2 Å². The molecule has 6 aromatic rings. The van der Waals surface area contributed by atoms with Gasteiger partial charge < -0.3 is 52.2 Å². The molecule has 0 aliphatic carbocycles. The molecule has 0 unspecified atom stereocenters. The van der Waals surface area contributed by atoms with E-state index < -0.39 is 112 Å². The molecule has 0 spiro atoms. The van der Waals surface area contributed by atoms with Gasteiger partial charge in [-0.2, -0.15) is 0 Å². The summed E-state index contributed by atoms with van der Waals surface area (Å²) < 4.78 is 63.1. The van der Waals surface area contributed by atoms with Gasteiger partial charge in [0, 0.05) is 0 Å².